The van der Waals surface area contributed by atoms with Crippen LogP contribution in [0.5, 0.6) is 0 Å². The third kappa shape index (κ3) is 4.31. The second kappa shape index (κ2) is 7.85. The number of likely N-dealkylation sites (N-methyl/N-ethyl adjacent to an activating group) is 1. The van der Waals surface area contributed by atoms with Crippen LogP contribution in [0.1, 0.15) is 32.0 Å². The number of H-pyrrole nitrogens is 1. The van der Waals surface area contributed by atoms with Crippen molar-refractivity contribution in [2.45, 2.75) is 32.7 Å². The molecule has 0 radical (unpaired) electrons. The Kier molecular flexibility index (Phi) is 5.67. The summed E-state index contributed by atoms with van der Waals surface area (Å²) >= 11 is 0. The normalized spacial score (nSPS) is 12.2. The molecule has 1 aromatic carbocycles. The number of hydrogen-bond donors (Lipinski definition) is 2. The number of pyridine rings is 1. The van der Waals surface area contributed by atoms with E-state index in [2.05, 4.69) is 36.0 Å². The molecule has 150 valence electrons. The Balaban J connectivity index is 2.06. The Hall–Kier alpha value is -2.51. The lowest BCUT2D eigenvalue weighted by Gasteiger charge is -2.15. The summed E-state index contributed by atoms with van der Waals surface area (Å²) in [6.45, 7) is 8.45. The van der Waals surface area contributed by atoms with Crippen LogP contribution in [-0.4, -0.2) is 46.8 Å². The van der Waals surface area contributed by atoms with Crippen molar-refractivity contribution in [3.63, 3.8) is 0 Å². The molecule has 28 heavy (non-hydrogen) atoms. The van der Waals surface area contributed by atoms with Crippen LogP contribution in [0.15, 0.2) is 35.1 Å². The molecule has 0 bridgehead atoms. The first-order valence-corrected chi connectivity index (χ1v) is 9.43. The predicted octanol–water partition coefficient (Wildman–Crippen LogP) is 2.80. The van der Waals surface area contributed by atoms with E-state index < -0.39 is 0 Å². The molecule has 6 nitrogen and oxygen atoms in total. The monoisotopic (exact) mass is 385 g/mol. The second-order valence-electron chi connectivity index (χ2n) is 8.35. The highest BCUT2D eigenvalue weighted by Gasteiger charge is 2.24. The number of nitrogens with zero attached hydrogens (tertiary/aromatic N) is 3. The number of rotatable bonds is 6. The summed E-state index contributed by atoms with van der Waals surface area (Å²) in [5, 5.41) is 8.97. The molecule has 0 aliphatic carbocycles. The highest BCUT2D eigenvalue weighted by atomic mass is 19.1. The van der Waals surface area contributed by atoms with E-state index in [1.807, 2.05) is 20.2 Å². The Morgan fingerprint density at radius 2 is 1.89 bits per heavy atom. The summed E-state index contributed by atoms with van der Waals surface area (Å²) in [6.07, 6.45) is 0. The summed E-state index contributed by atoms with van der Waals surface area (Å²) < 4.78 is 15.0. The fourth-order valence-electron chi connectivity index (χ4n) is 3.09. The fraction of sp³-hybridized carbons (Fsp3) is 0.429. The largest absolute Gasteiger partial charge is 0.311 e. The van der Waals surface area contributed by atoms with E-state index in [1.54, 1.807) is 16.8 Å². The molecular weight excluding hydrogens is 357 g/mol. The van der Waals surface area contributed by atoms with Gasteiger partial charge in [0.05, 0.1) is 11.4 Å². The van der Waals surface area contributed by atoms with Crippen molar-refractivity contribution in [3.8, 4) is 5.69 Å². The molecule has 2 aromatic heterocycles. The molecule has 0 aliphatic heterocycles. The molecular formula is C21H28FN5O. The van der Waals surface area contributed by atoms with Crippen molar-refractivity contribution in [2.24, 2.45) is 0 Å². The van der Waals surface area contributed by atoms with E-state index in [4.69, 9.17) is 5.10 Å². The van der Waals surface area contributed by atoms with Crippen LogP contribution in [0, 0.1) is 5.82 Å². The van der Waals surface area contributed by atoms with Gasteiger partial charge in [-0.2, -0.15) is 5.10 Å². The molecule has 0 spiro atoms. The smallest absolute Gasteiger partial charge is 0.254 e. The topological polar surface area (TPSA) is 66.0 Å². The predicted molar refractivity (Wildman–Crippen MR) is 111 cm³/mol. The molecule has 0 saturated carbocycles. The first-order valence-electron chi connectivity index (χ1n) is 9.43. The minimum Gasteiger partial charge on any atom is -0.311 e. The SMILES string of the molecule is CN(C)CCNCc1cc2c(C(C)(C)C)nn(-c3ccc(F)cc3)c2[nH]c1=O. The molecule has 0 amide bonds. The van der Waals surface area contributed by atoms with Gasteiger partial charge in [0.25, 0.3) is 5.56 Å². The molecule has 3 aromatic rings. The van der Waals surface area contributed by atoms with E-state index in [-0.39, 0.29) is 16.8 Å². The number of fused-ring (bicyclic) bond motifs is 1. The van der Waals surface area contributed by atoms with Gasteiger partial charge in [-0.1, -0.05) is 20.8 Å². The maximum absolute atomic E-state index is 13.3. The average molecular weight is 385 g/mol. The number of benzene rings is 1. The van der Waals surface area contributed by atoms with Gasteiger partial charge < -0.3 is 15.2 Å². The van der Waals surface area contributed by atoms with Crippen LogP contribution in [0.25, 0.3) is 16.7 Å². The van der Waals surface area contributed by atoms with Gasteiger partial charge in [0.2, 0.25) is 0 Å². The summed E-state index contributed by atoms with van der Waals surface area (Å²) in [6, 6.07) is 8.01. The standard InChI is InChI=1S/C21H28FN5O/c1-21(2,3)18-17-12-14(13-23-10-11-26(4)5)20(28)24-19(17)27(25-18)16-8-6-15(22)7-9-16/h6-9,12,23H,10-11,13H2,1-5H3,(H,24,28). The lowest BCUT2D eigenvalue weighted by molar-refractivity contribution is 0.400. The van der Waals surface area contributed by atoms with Gasteiger partial charge >= 0.3 is 0 Å². The quantitative estimate of drug-likeness (QED) is 0.641. The van der Waals surface area contributed by atoms with Crippen molar-refractivity contribution in [2.75, 3.05) is 27.2 Å². The molecule has 7 heteroatoms. The summed E-state index contributed by atoms with van der Waals surface area (Å²) in [5.74, 6) is -0.309. The maximum atomic E-state index is 13.3. The first-order chi connectivity index (χ1) is 13.2. The van der Waals surface area contributed by atoms with Crippen LogP contribution in [0.4, 0.5) is 4.39 Å². The number of aromatic amines is 1. The van der Waals surface area contributed by atoms with E-state index in [1.165, 1.54) is 12.1 Å². The number of hydrogen-bond acceptors (Lipinski definition) is 4. The van der Waals surface area contributed by atoms with Crippen molar-refractivity contribution in [1.29, 1.82) is 0 Å². The van der Waals surface area contributed by atoms with E-state index >= 15 is 0 Å². The third-order valence-corrected chi connectivity index (χ3v) is 4.60. The highest BCUT2D eigenvalue weighted by Crippen LogP contribution is 2.29. The van der Waals surface area contributed by atoms with Crippen molar-refractivity contribution in [1.82, 2.24) is 25.0 Å². The first kappa shape index (κ1) is 20.2. The van der Waals surface area contributed by atoms with Crippen LogP contribution in [-0.2, 0) is 12.0 Å². The van der Waals surface area contributed by atoms with E-state index in [0.29, 0.717) is 23.4 Å². The van der Waals surface area contributed by atoms with Crippen LogP contribution < -0.4 is 10.9 Å². The fourth-order valence-corrected chi connectivity index (χ4v) is 3.09. The Bertz CT molecular complexity index is 1010. The molecule has 0 saturated heterocycles. The lowest BCUT2D eigenvalue weighted by Crippen LogP contribution is -2.28. The molecule has 0 aliphatic rings. The highest BCUT2D eigenvalue weighted by molar-refractivity contribution is 5.81. The molecule has 2 heterocycles. The Morgan fingerprint density at radius 1 is 1.21 bits per heavy atom. The maximum Gasteiger partial charge on any atom is 0.254 e. The number of nitrogens with one attached hydrogen (secondary N) is 2. The van der Waals surface area contributed by atoms with Crippen LogP contribution in [0.2, 0.25) is 0 Å². The van der Waals surface area contributed by atoms with Crippen LogP contribution in [0.3, 0.4) is 0 Å². The zero-order valence-corrected chi connectivity index (χ0v) is 17.1. The Labute approximate surface area is 164 Å². The molecule has 0 unspecified atom stereocenters. The zero-order chi connectivity index (χ0) is 20.5. The molecule has 2 N–H and O–H groups in total. The van der Waals surface area contributed by atoms with E-state index in [0.717, 1.165) is 24.2 Å². The minimum absolute atomic E-state index is 0.145. The van der Waals surface area contributed by atoms with Gasteiger partial charge in [-0.05, 0) is 44.4 Å². The summed E-state index contributed by atoms with van der Waals surface area (Å²) in [5.41, 5.74) is 2.53. The number of aromatic nitrogens is 3. The number of halogens is 1. The van der Waals surface area contributed by atoms with Gasteiger partial charge in [-0.3, -0.25) is 4.79 Å². The second-order valence-corrected chi connectivity index (χ2v) is 8.35. The van der Waals surface area contributed by atoms with Crippen molar-refractivity contribution in [3.05, 3.63) is 57.8 Å². The van der Waals surface area contributed by atoms with Gasteiger partial charge in [-0.15, -0.1) is 0 Å². The molecule has 0 atom stereocenters. The zero-order valence-electron chi connectivity index (χ0n) is 17.1. The van der Waals surface area contributed by atoms with Crippen molar-refractivity contribution >= 4 is 11.0 Å². The third-order valence-electron chi connectivity index (χ3n) is 4.60. The summed E-state index contributed by atoms with van der Waals surface area (Å²) in [4.78, 5) is 17.7. The van der Waals surface area contributed by atoms with E-state index in [9.17, 15) is 9.18 Å². The molecule has 0 fully saturated rings. The van der Waals surface area contributed by atoms with Crippen LogP contribution >= 0.6 is 0 Å². The summed E-state index contributed by atoms with van der Waals surface area (Å²) in [7, 11) is 4.03. The minimum atomic E-state index is -0.309. The van der Waals surface area contributed by atoms with Gasteiger partial charge in [0.1, 0.15) is 11.5 Å². The average Bonchev–Trinajstić information content (AvgIpc) is 2.98. The van der Waals surface area contributed by atoms with Gasteiger partial charge in [0.15, 0.2) is 0 Å². The lowest BCUT2D eigenvalue weighted by atomic mass is 9.90. The molecule has 3 rings (SSSR count). The van der Waals surface area contributed by atoms with Crippen molar-refractivity contribution < 1.29 is 4.39 Å². The Morgan fingerprint density at radius 3 is 2.50 bits per heavy atom. The van der Waals surface area contributed by atoms with Gasteiger partial charge in [0, 0.05) is 36.0 Å². The van der Waals surface area contributed by atoms with Gasteiger partial charge in [-0.25, -0.2) is 9.07 Å².